The van der Waals surface area contributed by atoms with Gasteiger partial charge in [-0.3, -0.25) is 4.79 Å². The van der Waals surface area contributed by atoms with Crippen molar-refractivity contribution >= 4 is 28.2 Å². The predicted molar refractivity (Wildman–Crippen MR) is 56.2 cm³/mol. The quantitative estimate of drug-likeness (QED) is 0.674. The number of carbonyl (C=O) groups is 1. The van der Waals surface area contributed by atoms with E-state index < -0.39 is 21.8 Å². The Bertz CT molecular complexity index is 265. The Morgan fingerprint density at radius 1 is 1.50 bits per heavy atom. The summed E-state index contributed by atoms with van der Waals surface area (Å²) >= 11 is 0. The molecule has 0 aliphatic heterocycles. The van der Waals surface area contributed by atoms with Gasteiger partial charge in [-0.2, -0.15) is 0 Å². The van der Waals surface area contributed by atoms with E-state index in [-0.39, 0.29) is 31.2 Å². The van der Waals surface area contributed by atoms with Crippen LogP contribution in [-0.2, 0) is 19.4 Å². The molecule has 0 saturated carbocycles. The Kier molecular flexibility index (Phi) is 8.09. The van der Waals surface area contributed by atoms with Gasteiger partial charge in [0.25, 0.3) is 0 Å². The molecule has 2 N–H and O–H groups in total. The lowest BCUT2D eigenvalue weighted by Crippen LogP contribution is -2.34. The van der Waals surface area contributed by atoms with E-state index in [0.717, 1.165) is 6.26 Å². The molecule has 0 aromatic carbocycles. The average molecular weight is 246 g/mol. The smallest absolute Gasteiger partial charge is 0.322 e. The Balaban J connectivity index is 0. The van der Waals surface area contributed by atoms with Crippen LogP contribution in [0.25, 0.3) is 0 Å². The van der Waals surface area contributed by atoms with Crippen molar-refractivity contribution in [2.24, 2.45) is 5.73 Å². The highest BCUT2D eigenvalue weighted by Crippen LogP contribution is 1.96. The lowest BCUT2D eigenvalue weighted by atomic mass is 10.2. The summed E-state index contributed by atoms with van der Waals surface area (Å²) in [4.78, 5) is 10.9. The summed E-state index contributed by atoms with van der Waals surface area (Å²) in [6.07, 6.45) is 1.21. The molecular weight excluding hydrogens is 230 g/mol. The van der Waals surface area contributed by atoms with Crippen molar-refractivity contribution < 1.29 is 17.9 Å². The minimum absolute atomic E-state index is 0. The van der Waals surface area contributed by atoms with Crippen molar-refractivity contribution in [1.82, 2.24) is 0 Å². The second-order valence-corrected chi connectivity index (χ2v) is 5.04. The zero-order valence-electron chi connectivity index (χ0n) is 8.23. The van der Waals surface area contributed by atoms with Crippen molar-refractivity contribution in [3.05, 3.63) is 0 Å². The van der Waals surface area contributed by atoms with Crippen LogP contribution in [0.3, 0.4) is 0 Å². The minimum Gasteiger partial charge on any atom is -0.465 e. The first-order valence-electron chi connectivity index (χ1n) is 3.96. The molecule has 0 rings (SSSR count). The van der Waals surface area contributed by atoms with E-state index in [9.17, 15) is 13.2 Å². The maximum atomic E-state index is 10.9. The number of halogens is 1. The van der Waals surface area contributed by atoms with Gasteiger partial charge in [-0.15, -0.1) is 12.4 Å². The Morgan fingerprint density at radius 2 is 2.00 bits per heavy atom. The third kappa shape index (κ3) is 8.28. The zero-order valence-corrected chi connectivity index (χ0v) is 9.86. The molecule has 0 fully saturated rings. The summed E-state index contributed by atoms with van der Waals surface area (Å²) in [7, 11) is -3.06. The van der Waals surface area contributed by atoms with Gasteiger partial charge in [-0.05, 0) is 13.3 Å². The first-order chi connectivity index (χ1) is 5.87. The van der Waals surface area contributed by atoms with Crippen LogP contribution in [0.15, 0.2) is 0 Å². The second-order valence-electron chi connectivity index (χ2n) is 2.78. The molecule has 5 nitrogen and oxygen atoms in total. The van der Waals surface area contributed by atoms with Crippen LogP contribution >= 0.6 is 12.4 Å². The van der Waals surface area contributed by atoms with Gasteiger partial charge in [0.1, 0.15) is 15.9 Å². The number of hydrogen-bond donors (Lipinski definition) is 1. The van der Waals surface area contributed by atoms with Gasteiger partial charge < -0.3 is 10.5 Å². The van der Waals surface area contributed by atoms with E-state index in [1.54, 1.807) is 6.92 Å². The van der Waals surface area contributed by atoms with E-state index in [0.29, 0.717) is 0 Å². The van der Waals surface area contributed by atoms with Crippen molar-refractivity contribution in [3.63, 3.8) is 0 Å². The SMILES string of the molecule is CCOC(=O)C(N)CCS(C)(=O)=O.Cl. The first kappa shape index (κ1) is 16.1. The van der Waals surface area contributed by atoms with Gasteiger partial charge >= 0.3 is 5.97 Å². The number of nitrogens with two attached hydrogens (primary N) is 1. The first-order valence-corrected chi connectivity index (χ1v) is 6.03. The van der Waals surface area contributed by atoms with Crippen LogP contribution in [0.4, 0.5) is 0 Å². The summed E-state index contributed by atoms with van der Waals surface area (Å²) in [5.41, 5.74) is 5.37. The molecule has 0 aliphatic carbocycles. The molecule has 0 aromatic heterocycles. The zero-order chi connectivity index (χ0) is 10.5. The van der Waals surface area contributed by atoms with E-state index in [4.69, 9.17) is 5.73 Å². The van der Waals surface area contributed by atoms with Crippen molar-refractivity contribution in [3.8, 4) is 0 Å². The van der Waals surface area contributed by atoms with Crippen LogP contribution in [0.5, 0.6) is 0 Å². The van der Waals surface area contributed by atoms with E-state index in [1.165, 1.54) is 0 Å². The van der Waals surface area contributed by atoms with Gasteiger partial charge in [0.15, 0.2) is 0 Å². The molecule has 0 heterocycles. The highest BCUT2D eigenvalue weighted by atomic mass is 35.5. The van der Waals surface area contributed by atoms with E-state index >= 15 is 0 Å². The van der Waals surface area contributed by atoms with E-state index in [2.05, 4.69) is 4.74 Å². The summed E-state index contributed by atoms with van der Waals surface area (Å²) in [5.74, 6) is -0.640. The molecule has 0 aliphatic rings. The maximum absolute atomic E-state index is 10.9. The maximum Gasteiger partial charge on any atom is 0.322 e. The average Bonchev–Trinajstić information content (AvgIpc) is 1.99. The normalized spacial score (nSPS) is 12.8. The van der Waals surface area contributed by atoms with Gasteiger partial charge in [-0.25, -0.2) is 8.42 Å². The molecule has 86 valence electrons. The van der Waals surface area contributed by atoms with Crippen molar-refractivity contribution in [2.75, 3.05) is 18.6 Å². The molecule has 1 unspecified atom stereocenters. The molecule has 14 heavy (non-hydrogen) atoms. The van der Waals surface area contributed by atoms with Crippen LogP contribution < -0.4 is 5.73 Å². The van der Waals surface area contributed by atoms with E-state index in [1.807, 2.05) is 0 Å². The number of ether oxygens (including phenoxy) is 1. The molecule has 0 radical (unpaired) electrons. The van der Waals surface area contributed by atoms with Gasteiger partial charge in [0, 0.05) is 6.26 Å². The standard InChI is InChI=1S/C7H15NO4S.ClH/c1-3-12-7(9)6(8)4-5-13(2,10)11;/h6H,3-5,8H2,1-2H3;1H. The topological polar surface area (TPSA) is 86.5 Å². The van der Waals surface area contributed by atoms with Crippen molar-refractivity contribution in [1.29, 1.82) is 0 Å². The summed E-state index contributed by atoms with van der Waals surface area (Å²) in [6.45, 7) is 1.92. The fraction of sp³-hybridized carbons (Fsp3) is 0.857. The number of carbonyl (C=O) groups excluding carboxylic acids is 1. The Labute approximate surface area is 90.3 Å². The summed E-state index contributed by atoms with van der Waals surface area (Å²) in [5, 5.41) is 0. The molecule has 0 saturated heterocycles. The molecule has 7 heteroatoms. The van der Waals surface area contributed by atoms with Gasteiger partial charge in [0.05, 0.1) is 12.4 Å². The molecule has 0 bridgehead atoms. The van der Waals surface area contributed by atoms with Crippen molar-refractivity contribution in [2.45, 2.75) is 19.4 Å². The molecule has 1 atom stereocenters. The number of esters is 1. The Morgan fingerprint density at radius 3 is 2.36 bits per heavy atom. The van der Waals surface area contributed by atoms with Gasteiger partial charge in [-0.1, -0.05) is 0 Å². The summed E-state index contributed by atoms with van der Waals surface area (Å²) < 4.78 is 26.0. The van der Waals surface area contributed by atoms with Crippen LogP contribution in [-0.4, -0.2) is 39.0 Å². The monoisotopic (exact) mass is 245 g/mol. The van der Waals surface area contributed by atoms with Crippen LogP contribution in [0, 0.1) is 0 Å². The predicted octanol–water partition coefficient (Wildman–Crippen LogP) is -0.267. The molecule has 0 aromatic rings. The fourth-order valence-corrected chi connectivity index (χ4v) is 1.39. The highest BCUT2D eigenvalue weighted by Gasteiger charge is 2.16. The third-order valence-electron chi connectivity index (χ3n) is 1.39. The number of rotatable bonds is 5. The lowest BCUT2D eigenvalue weighted by molar-refractivity contribution is -0.144. The minimum atomic E-state index is -3.06. The third-order valence-corrected chi connectivity index (χ3v) is 2.37. The molecular formula is C7H16ClNO4S. The Hall–Kier alpha value is -0.330. The molecule has 0 amide bonds. The summed E-state index contributed by atoms with van der Waals surface area (Å²) in [6, 6.07) is -0.838. The molecule has 0 spiro atoms. The van der Waals surface area contributed by atoms with Gasteiger partial charge in [0.2, 0.25) is 0 Å². The largest absolute Gasteiger partial charge is 0.465 e. The lowest BCUT2D eigenvalue weighted by Gasteiger charge is -2.08. The number of sulfone groups is 1. The number of hydrogen-bond acceptors (Lipinski definition) is 5. The fourth-order valence-electron chi connectivity index (χ4n) is 0.708. The van der Waals surface area contributed by atoms with Crippen LogP contribution in [0.1, 0.15) is 13.3 Å². The van der Waals surface area contributed by atoms with Crippen LogP contribution in [0.2, 0.25) is 0 Å². The highest BCUT2D eigenvalue weighted by molar-refractivity contribution is 7.90. The second kappa shape index (κ2) is 7.03.